The maximum absolute atomic E-state index is 12.5. The van der Waals surface area contributed by atoms with Gasteiger partial charge in [-0.05, 0) is 31.9 Å². The smallest absolute Gasteiger partial charge is 0.352 e. The van der Waals surface area contributed by atoms with Crippen LogP contribution in [0.2, 0.25) is 0 Å². The van der Waals surface area contributed by atoms with Gasteiger partial charge in [0.2, 0.25) is 5.91 Å². The molecule has 0 aliphatic heterocycles. The van der Waals surface area contributed by atoms with Gasteiger partial charge in [-0.25, -0.2) is 18.9 Å². The number of nitrogens with one attached hydrogen (secondary N) is 1. The molecule has 7 nitrogen and oxygen atoms in total. The van der Waals surface area contributed by atoms with Crippen molar-refractivity contribution in [3.63, 3.8) is 0 Å². The first-order chi connectivity index (χ1) is 10.6. The summed E-state index contributed by atoms with van der Waals surface area (Å²) in [7, 11) is 0. The molecule has 22 heavy (non-hydrogen) atoms. The Bertz CT molecular complexity index is 952. The van der Waals surface area contributed by atoms with Crippen molar-refractivity contribution >= 4 is 22.5 Å². The molecule has 4 rings (SSSR count). The van der Waals surface area contributed by atoms with Crippen LogP contribution in [0.5, 0.6) is 0 Å². The normalized spacial score (nSPS) is 14.6. The van der Waals surface area contributed by atoms with Crippen molar-refractivity contribution in [2.24, 2.45) is 0 Å². The van der Waals surface area contributed by atoms with E-state index in [1.807, 2.05) is 24.3 Å². The molecule has 2 heterocycles. The van der Waals surface area contributed by atoms with E-state index < -0.39 is 0 Å². The van der Waals surface area contributed by atoms with Crippen LogP contribution < -0.4 is 11.0 Å². The zero-order valence-electron chi connectivity index (χ0n) is 12.1. The molecule has 0 spiro atoms. The summed E-state index contributed by atoms with van der Waals surface area (Å²) in [5, 5.41) is 8.00. The Hall–Kier alpha value is -2.70. The van der Waals surface area contributed by atoms with Gasteiger partial charge in [0.25, 0.3) is 0 Å². The number of aromatic nitrogens is 4. The Morgan fingerprint density at radius 3 is 2.91 bits per heavy atom. The first-order valence-electron chi connectivity index (χ1n) is 7.28. The van der Waals surface area contributed by atoms with Gasteiger partial charge in [-0.3, -0.25) is 4.79 Å². The standard InChI is InChI=1S/C15H15N5O2/c1-9-16-12-5-3-2-4-11(12)14-18-19(15(22)20(9)14)8-13(21)17-10-6-7-10/h2-5,10H,6-8H2,1H3,(H,17,21). The number of benzene rings is 1. The lowest BCUT2D eigenvalue weighted by atomic mass is 10.2. The fourth-order valence-electron chi connectivity index (χ4n) is 2.60. The lowest BCUT2D eigenvalue weighted by molar-refractivity contribution is -0.122. The maximum Gasteiger partial charge on any atom is 0.352 e. The summed E-state index contributed by atoms with van der Waals surface area (Å²) >= 11 is 0. The molecule has 0 radical (unpaired) electrons. The van der Waals surface area contributed by atoms with Gasteiger partial charge in [0.1, 0.15) is 12.4 Å². The average Bonchev–Trinajstić information content (AvgIpc) is 3.23. The number of nitrogens with zero attached hydrogens (tertiary/aromatic N) is 4. The van der Waals surface area contributed by atoms with Crippen molar-refractivity contribution in [3.05, 3.63) is 40.6 Å². The number of aryl methyl sites for hydroxylation is 1. The molecule has 1 saturated carbocycles. The number of fused-ring (bicyclic) bond motifs is 3. The summed E-state index contributed by atoms with van der Waals surface area (Å²) in [4.78, 5) is 28.8. The van der Waals surface area contributed by atoms with Gasteiger partial charge in [0, 0.05) is 11.4 Å². The Kier molecular flexibility index (Phi) is 2.75. The van der Waals surface area contributed by atoms with Crippen LogP contribution >= 0.6 is 0 Å². The molecule has 3 aromatic rings. The predicted octanol–water partition coefficient (Wildman–Crippen LogP) is 0.631. The van der Waals surface area contributed by atoms with Crippen LogP contribution in [0.15, 0.2) is 29.1 Å². The minimum absolute atomic E-state index is 0.0647. The van der Waals surface area contributed by atoms with Crippen molar-refractivity contribution < 1.29 is 4.79 Å². The minimum Gasteiger partial charge on any atom is -0.352 e. The van der Waals surface area contributed by atoms with Crippen LogP contribution in [0, 0.1) is 6.92 Å². The molecule has 1 aromatic carbocycles. The van der Waals surface area contributed by atoms with Crippen molar-refractivity contribution in [1.29, 1.82) is 0 Å². The van der Waals surface area contributed by atoms with E-state index in [-0.39, 0.29) is 24.2 Å². The summed E-state index contributed by atoms with van der Waals surface area (Å²) in [5.41, 5.74) is 0.983. The fourth-order valence-corrected chi connectivity index (χ4v) is 2.60. The van der Waals surface area contributed by atoms with Crippen molar-refractivity contribution in [2.45, 2.75) is 32.4 Å². The van der Waals surface area contributed by atoms with E-state index >= 15 is 0 Å². The number of carbonyl (C=O) groups is 1. The van der Waals surface area contributed by atoms with Crippen molar-refractivity contribution in [2.75, 3.05) is 0 Å². The molecule has 1 amide bonds. The molecule has 0 unspecified atom stereocenters. The summed E-state index contributed by atoms with van der Waals surface area (Å²) < 4.78 is 2.65. The van der Waals surface area contributed by atoms with Crippen LogP contribution in [0.4, 0.5) is 0 Å². The molecular weight excluding hydrogens is 282 g/mol. The Labute approximate surface area is 125 Å². The first-order valence-corrected chi connectivity index (χ1v) is 7.28. The van der Waals surface area contributed by atoms with E-state index in [1.165, 1.54) is 9.08 Å². The summed E-state index contributed by atoms with van der Waals surface area (Å²) in [5.74, 6) is 0.385. The highest BCUT2D eigenvalue weighted by Crippen LogP contribution is 2.18. The van der Waals surface area contributed by atoms with Crippen LogP contribution in [0.1, 0.15) is 18.7 Å². The molecule has 0 saturated heterocycles. The third-order valence-electron chi connectivity index (χ3n) is 3.83. The third kappa shape index (κ3) is 2.05. The molecule has 0 atom stereocenters. The quantitative estimate of drug-likeness (QED) is 0.769. The number of rotatable bonds is 3. The number of hydrogen-bond donors (Lipinski definition) is 1. The second-order valence-corrected chi connectivity index (χ2v) is 5.62. The van der Waals surface area contributed by atoms with Crippen LogP contribution in [-0.2, 0) is 11.3 Å². The molecule has 2 aromatic heterocycles. The van der Waals surface area contributed by atoms with Crippen molar-refractivity contribution in [3.8, 4) is 0 Å². The fraction of sp³-hybridized carbons (Fsp3) is 0.333. The summed E-state index contributed by atoms with van der Waals surface area (Å²) in [6, 6.07) is 7.79. The third-order valence-corrected chi connectivity index (χ3v) is 3.83. The highest BCUT2D eigenvalue weighted by Gasteiger charge is 2.24. The monoisotopic (exact) mass is 297 g/mol. The van der Waals surface area contributed by atoms with Gasteiger partial charge >= 0.3 is 5.69 Å². The van der Waals surface area contributed by atoms with Gasteiger partial charge < -0.3 is 5.32 Å². The molecule has 1 aliphatic carbocycles. The van der Waals surface area contributed by atoms with Gasteiger partial charge in [0.05, 0.1) is 5.52 Å². The molecular formula is C15H15N5O2. The minimum atomic E-state index is -0.336. The Morgan fingerprint density at radius 2 is 2.14 bits per heavy atom. The van der Waals surface area contributed by atoms with E-state index in [0.29, 0.717) is 11.5 Å². The van der Waals surface area contributed by atoms with Gasteiger partial charge in [-0.1, -0.05) is 12.1 Å². The molecule has 1 N–H and O–H groups in total. The van der Waals surface area contributed by atoms with Gasteiger partial charge in [-0.15, -0.1) is 5.10 Å². The number of amides is 1. The molecule has 1 aliphatic rings. The van der Waals surface area contributed by atoms with E-state index in [9.17, 15) is 9.59 Å². The maximum atomic E-state index is 12.5. The molecule has 1 fully saturated rings. The summed E-state index contributed by atoms with van der Waals surface area (Å²) in [6.45, 7) is 1.70. The van der Waals surface area contributed by atoms with E-state index in [0.717, 1.165) is 23.7 Å². The van der Waals surface area contributed by atoms with Crippen LogP contribution in [-0.4, -0.2) is 31.1 Å². The predicted molar refractivity (Wildman–Crippen MR) is 80.7 cm³/mol. The Balaban J connectivity index is 1.84. The average molecular weight is 297 g/mol. The summed E-state index contributed by atoms with van der Waals surface area (Å²) in [6.07, 6.45) is 2.03. The molecule has 112 valence electrons. The largest absolute Gasteiger partial charge is 0.352 e. The van der Waals surface area contributed by atoms with Crippen molar-refractivity contribution in [1.82, 2.24) is 24.5 Å². The molecule has 7 heteroatoms. The van der Waals surface area contributed by atoms with Gasteiger partial charge in [-0.2, -0.15) is 0 Å². The van der Waals surface area contributed by atoms with Gasteiger partial charge in [0.15, 0.2) is 5.65 Å². The highest BCUT2D eigenvalue weighted by atomic mass is 16.2. The van der Waals surface area contributed by atoms with Crippen LogP contribution in [0.25, 0.3) is 16.6 Å². The first kappa shape index (κ1) is 13.0. The van der Waals surface area contributed by atoms with E-state index in [4.69, 9.17) is 0 Å². The number of para-hydroxylation sites is 1. The zero-order chi connectivity index (χ0) is 15.3. The molecule has 0 bridgehead atoms. The lowest BCUT2D eigenvalue weighted by Crippen LogP contribution is -2.34. The zero-order valence-corrected chi connectivity index (χ0v) is 12.1. The second kappa shape index (κ2) is 4.66. The number of hydrogen-bond acceptors (Lipinski definition) is 4. The topological polar surface area (TPSA) is 81.3 Å². The Morgan fingerprint density at radius 1 is 1.36 bits per heavy atom. The lowest BCUT2D eigenvalue weighted by Gasteiger charge is -2.01. The van der Waals surface area contributed by atoms with E-state index in [2.05, 4.69) is 15.4 Å². The highest BCUT2D eigenvalue weighted by molar-refractivity contribution is 5.91. The second-order valence-electron chi connectivity index (χ2n) is 5.62. The number of carbonyl (C=O) groups excluding carboxylic acids is 1. The van der Waals surface area contributed by atoms with Crippen LogP contribution in [0.3, 0.4) is 0 Å². The SMILES string of the molecule is Cc1nc2ccccc2c2nn(CC(=O)NC3CC3)c(=O)n12. The van der Waals surface area contributed by atoms with E-state index in [1.54, 1.807) is 6.92 Å².